The molecular weight excluding hydrogens is 441 g/mol. The average Bonchev–Trinajstić information content (AvgIpc) is 2.96. The van der Waals surface area contributed by atoms with Gasteiger partial charge >= 0.3 is 0 Å². The fourth-order valence-electron chi connectivity index (χ4n) is 1.88. The first kappa shape index (κ1) is 20.3. The summed E-state index contributed by atoms with van der Waals surface area (Å²) in [5.74, 6) is 0.693. The van der Waals surface area contributed by atoms with Crippen LogP contribution in [-0.4, -0.2) is 22.4 Å². The molecule has 0 atom stereocenters. The van der Waals surface area contributed by atoms with Crippen molar-refractivity contribution in [2.24, 2.45) is 4.99 Å². The van der Waals surface area contributed by atoms with Gasteiger partial charge in [-0.05, 0) is 19.4 Å². The SMILES string of the molecule is CCNC(=NCc1ccc([N+](=O)[O-])cc1)NCc1ncc(C)s1.I. The Morgan fingerprint density at radius 2 is 2.04 bits per heavy atom. The number of non-ortho nitro benzene ring substituents is 1. The van der Waals surface area contributed by atoms with Crippen LogP contribution in [0.3, 0.4) is 0 Å². The lowest BCUT2D eigenvalue weighted by Crippen LogP contribution is -2.36. The molecule has 2 N–H and O–H groups in total. The number of halogens is 1. The molecule has 9 heteroatoms. The molecule has 0 amide bonds. The van der Waals surface area contributed by atoms with E-state index in [0.717, 1.165) is 17.1 Å². The molecule has 130 valence electrons. The van der Waals surface area contributed by atoms with Gasteiger partial charge in [-0.25, -0.2) is 9.98 Å². The molecule has 7 nitrogen and oxygen atoms in total. The van der Waals surface area contributed by atoms with Crippen molar-refractivity contribution in [2.45, 2.75) is 26.9 Å². The molecule has 24 heavy (non-hydrogen) atoms. The van der Waals surface area contributed by atoms with E-state index in [0.29, 0.717) is 19.0 Å². The Kier molecular flexibility index (Phi) is 8.61. The molecular formula is C15H20IN5O2S. The van der Waals surface area contributed by atoms with Crippen LogP contribution >= 0.6 is 35.3 Å². The molecule has 2 rings (SSSR count). The zero-order chi connectivity index (χ0) is 16.7. The Morgan fingerprint density at radius 3 is 2.58 bits per heavy atom. The van der Waals surface area contributed by atoms with E-state index >= 15 is 0 Å². The fraction of sp³-hybridized carbons (Fsp3) is 0.333. The number of aryl methyl sites for hydroxylation is 1. The second-order valence-corrected chi connectivity index (χ2v) is 6.16. The van der Waals surface area contributed by atoms with Crippen molar-refractivity contribution in [1.82, 2.24) is 15.6 Å². The molecule has 1 heterocycles. The van der Waals surface area contributed by atoms with E-state index in [1.807, 2.05) is 20.0 Å². The zero-order valence-electron chi connectivity index (χ0n) is 13.5. The molecule has 0 unspecified atom stereocenters. The third kappa shape index (κ3) is 6.40. The summed E-state index contributed by atoms with van der Waals surface area (Å²) < 4.78 is 0. The lowest BCUT2D eigenvalue weighted by atomic mass is 10.2. The molecule has 0 aliphatic rings. The predicted molar refractivity (Wildman–Crippen MR) is 107 cm³/mol. The summed E-state index contributed by atoms with van der Waals surface area (Å²) in [6.45, 7) is 5.84. The highest BCUT2D eigenvalue weighted by Gasteiger charge is 2.04. The minimum Gasteiger partial charge on any atom is -0.357 e. The van der Waals surface area contributed by atoms with Crippen LogP contribution in [0.25, 0.3) is 0 Å². The molecule has 0 aliphatic carbocycles. The minimum atomic E-state index is -0.408. The molecule has 2 aromatic rings. The number of thiazole rings is 1. The Morgan fingerprint density at radius 1 is 1.33 bits per heavy atom. The van der Waals surface area contributed by atoms with E-state index < -0.39 is 4.92 Å². The topological polar surface area (TPSA) is 92.5 Å². The van der Waals surface area contributed by atoms with E-state index in [2.05, 4.69) is 20.6 Å². The Labute approximate surface area is 161 Å². The maximum Gasteiger partial charge on any atom is 0.269 e. The van der Waals surface area contributed by atoms with Gasteiger partial charge in [-0.2, -0.15) is 0 Å². The van der Waals surface area contributed by atoms with E-state index in [9.17, 15) is 10.1 Å². The number of rotatable bonds is 6. The van der Waals surface area contributed by atoms with Crippen LogP contribution in [0.5, 0.6) is 0 Å². The molecule has 0 spiro atoms. The monoisotopic (exact) mass is 461 g/mol. The summed E-state index contributed by atoms with van der Waals surface area (Å²) in [5.41, 5.74) is 1.000. The van der Waals surface area contributed by atoms with Gasteiger partial charge in [0, 0.05) is 29.8 Å². The quantitative estimate of drug-likeness (QED) is 0.227. The van der Waals surface area contributed by atoms with Gasteiger partial charge in [0.15, 0.2) is 5.96 Å². The standard InChI is InChI=1S/C15H19N5O2S.HI/c1-3-16-15(19-10-14-17-8-11(2)23-14)18-9-12-4-6-13(7-5-12)20(21)22;/h4-8H,3,9-10H2,1-2H3,(H2,16,18,19);1H. The van der Waals surface area contributed by atoms with E-state index in [4.69, 9.17) is 0 Å². The van der Waals surface area contributed by atoms with Crippen molar-refractivity contribution in [3.05, 3.63) is 56.0 Å². The first-order chi connectivity index (χ1) is 11.1. The normalized spacial score (nSPS) is 10.8. The molecule has 0 bridgehead atoms. The second-order valence-electron chi connectivity index (χ2n) is 4.84. The van der Waals surface area contributed by atoms with Crippen LogP contribution in [0.2, 0.25) is 0 Å². The van der Waals surface area contributed by atoms with Crippen molar-refractivity contribution in [1.29, 1.82) is 0 Å². The van der Waals surface area contributed by atoms with Crippen molar-refractivity contribution >= 4 is 47.0 Å². The summed E-state index contributed by atoms with van der Waals surface area (Å²) >= 11 is 1.65. The highest BCUT2D eigenvalue weighted by Crippen LogP contribution is 2.13. The van der Waals surface area contributed by atoms with Crippen molar-refractivity contribution in [2.75, 3.05) is 6.54 Å². The Hall–Kier alpha value is -1.75. The Balaban J connectivity index is 0.00000288. The smallest absolute Gasteiger partial charge is 0.269 e. The van der Waals surface area contributed by atoms with Crippen LogP contribution in [0, 0.1) is 17.0 Å². The summed E-state index contributed by atoms with van der Waals surface area (Å²) in [6.07, 6.45) is 1.85. The molecule has 0 aliphatic heterocycles. The van der Waals surface area contributed by atoms with Crippen LogP contribution in [0.4, 0.5) is 5.69 Å². The van der Waals surface area contributed by atoms with Gasteiger partial charge in [0.2, 0.25) is 0 Å². The highest BCUT2D eigenvalue weighted by molar-refractivity contribution is 14.0. The van der Waals surface area contributed by atoms with Crippen molar-refractivity contribution in [3.8, 4) is 0 Å². The molecule has 0 saturated heterocycles. The molecule has 0 saturated carbocycles. The number of hydrogen-bond donors (Lipinski definition) is 2. The van der Waals surface area contributed by atoms with E-state index in [-0.39, 0.29) is 29.7 Å². The van der Waals surface area contributed by atoms with E-state index in [1.54, 1.807) is 23.5 Å². The average molecular weight is 461 g/mol. The molecule has 1 aromatic heterocycles. The first-order valence-electron chi connectivity index (χ1n) is 7.25. The van der Waals surface area contributed by atoms with Crippen LogP contribution < -0.4 is 10.6 Å². The highest BCUT2D eigenvalue weighted by atomic mass is 127. The van der Waals surface area contributed by atoms with Gasteiger partial charge in [-0.3, -0.25) is 10.1 Å². The number of guanidine groups is 1. The maximum absolute atomic E-state index is 10.6. The summed E-state index contributed by atoms with van der Waals surface area (Å²) in [6, 6.07) is 6.41. The first-order valence-corrected chi connectivity index (χ1v) is 8.07. The minimum absolute atomic E-state index is 0. The summed E-state index contributed by atoms with van der Waals surface area (Å²) in [5, 5.41) is 18.0. The number of aliphatic imine (C=N–C) groups is 1. The lowest BCUT2D eigenvalue weighted by Gasteiger charge is -2.10. The number of benzene rings is 1. The molecule has 1 aromatic carbocycles. The summed E-state index contributed by atoms with van der Waals surface area (Å²) in [7, 11) is 0. The zero-order valence-corrected chi connectivity index (χ0v) is 16.6. The largest absolute Gasteiger partial charge is 0.357 e. The number of nitrogens with one attached hydrogen (secondary N) is 2. The van der Waals surface area contributed by atoms with Crippen molar-refractivity contribution < 1.29 is 4.92 Å². The van der Waals surface area contributed by atoms with E-state index in [1.165, 1.54) is 17.0 Å². The van der Waals surface area contributed by atoms with Crippen LogP contribution in [0.15, 0.2) is 35.5 Å². The number of nitro groups is 1. The summed E-state index contributed by atoms with van der Waals surface area (Å²) in [4.78, 5) is 20.2. The number of aromatic nitrogens is 1. The maximum atomic E-state index is 10.6. The van der Waals surface area contributed by atoms with Gasteiger partial charge in [-0.1, -0.05) is 12.1 Å². The van der Waals surface area contributed by atoms with Gasteiger partial charge < -0.3 is 10.6 Å². The van der Waals surface area contributed by atoms with Crippen molar-refractivity contribution in [3.63, 3.8) is 0 Å². The van der Waals surface area contributed by atoms with Gasteiger partial charge in [-0.15, -0.1) is 35.3 Å². The van der Waals surface area contributed by atoms with Crippen LogP contribution in [-0.2, 0) is 13.1 Å². The molecule has 0 fully saturated rings. The predicted octanol–water partition coefficient (Wildman–Crippen LogP) is 3.23. The third-order valence-electron chi connectivity index (χ3n) is 2.99. The molecule has 0 radical (unpaired) electrons. The second kappa shape index (κ2) is 10.2. The number of hydrogen-bond acceptors (Lipinski definition) is 5. The Bertz CT molecular complexity index is 687. The van der Waals surface area contributed by atoms with Crippen LogP contribution in [0.1, 0.15) is 22.4 Å². The van der Waals surface area contributed by atoms with Gasteiger partial charge in [0.25, 0.3) is 5.69 Å². The third-order valence-corrected chi connectivity index (χ3v) is 3.90. The number of nitrogens with zero attached hydrogens (tertiary/aromatic N) is 3. The number of nitro benzene ring substituents is 1. The fourth-order valence-corrected chi connectivity index (χ4v) is 2.60. The van der Waals surface area contributed by atoms with Gasteiger partial charge in [0.05, 0.1) is 18.0 Å². The lowest BCUT2D eigenvalue weighted by molar-refractivity contribution is -0.384. The van der Waals surface area contributed by atoms with Gasteiger partial charge in [0.1, 0.15) is 5.01 Å².